The third-order valence-electron chi connectivity index (χ3n) is 7.77. The van der Waals surface area contributed by atoms with E-state index in [2.05, 4.69) is 25.0 Å². The first-order chi connectivity index (χ1) is 20.0. The molecule has 1 fully saturated rings. The molecule has 0 amide bonds. The van der Waals surface area contributed by atoms with Crippen molar-refractivity contribution in [2.24, 2.45) is 0 Å². The highest BCUT2D eigenvalue weighted by atomic mass is 35.5. The average Bonchev–Trinajstić information content (AvgIpc) is 2.98. The van der Waals surface area contributed by atoms with Crippen LogP contribution >= 0.6 is 11.6 Å². The van der Waals surface area contributed by atoms with Crippen molar-refractivity contribution < 1.29 is 10.2 Å². The fraction of sp³-hybridized carbons (Fsp3) is 0.364. The molecule has 5 rings (SSSR count). The standard InChI is InChI=1S/C33H40ClN5O2/c34-28-7-12-31-32(13-15-36-33(31)23-28)35-14-1-16-37-19-21-38(22-20-37)17-2-18-39(24-26-3-8-29(40)9-4-26)25-27-5-10-30(41)11-6-27/h3-13,15,23,40-41H,1-2,14,16-22,24-25H2,(H,35,36). The van der Waals surface area contributed by atoms with Crippen molar-refractivity contribution in [1.29, 1.82) is 0 Å². The third kappa shape index (κ3) is 8.81. The Balaban J connectivity index is 1.02. The van der Waals surface area contributed by atoms with Gasteiger partial charge in [-0.15, -0.1) is 0 Å². The molecule has 0 unspecified atom stereocenters. The van der Waals surface area contributed by atoms with Crippen molar-refractivity contribution in [2.45, 2.75) is 25.9 Å². The topological polar surface area (TPSA) is 75.1 Å². The van der Waals surface area contributed by atoms with E-state index in [1.165, 1.54) is 11.1 Å². The number of hydrogen-bond donors (Lipinski definition) is 3. The molecule has 41 heavy (non-hydrogen) atoms. The molecule has 7 nitrogen and oxygen atoms in total. The van der Waals surface area contributed by atoms with Crippen LogP contribution in [0.5, 0.6) is 11.5 Å². The highest BCUT2D eigenvalue weighted by Crippen LogP contribution is 2.24. The molecule has 0 aliphatic carbocycles. The number of pyridine rings is 1. The number of piperazine rings is 1. The summed E-state index contributed by atoms with van der Waals surface area (Å²) in [6, 6.07) is 22.9. The number of phenols is 2. The summed E-state index contributed by atoms with van der Waals surface area (Å²) >= 11 is 6.12. The minimum atomic E-state index is 0.294. The van der Waals surface area contributed by atoms with E-state index in [1.807, 2.05) is 54.7 Å². The second kappa shape index (κ2) is 14.5. The molecule has 0 spiro atoms. The molecule has 4 aromatic rings. The van der Waals surface area contributed by atoms with Crippen molar-refractivity contribution in [3.05, 3.63) is 95.1 Å². The van der Waals surface area contributed by atoms with Gasteiger partial charge < -0.3 is 25.3 Å². The summed E-state index contributed by atoms with van der Waals surface area (Å²) < 4.78 is 0. The van der Waals surface area contributed by atoms with Gasteiger partial charge in [0.1, 0.15) is 11.5 Å². The summed E-state index contributed by atoms with van der Waals surface area (Å²) in [6.07, 6.45) is 4.03. The Morgan fingerprint density at radius 2 is 1.34 bits per heavy atom. The Kier molecular flexibility index (Phi) is 10.3. The number of phenolic OH excluding ortho intramolecular Hbond substituents is 2. The van der Waals surface area contributed by atoms with Gasteiger partial charge >= 0.3 is 0 Å². The Morgan fingerprint density at radius 1 is 0.756 bits per heavy atom. The van der Waals surface area contributed by atoms with Crippen molar-refractivity contribution in [1.82, 2.24) is 19.7 Å². The van der Waals surface area contributed by atoms with Gasteiger partial charge in [0, 0.05) is 74.7 Å². The van der Waals surface area contributed by atoms with E-state index in [0.717, 1.165) is 94.9 Å². The maximum absolute atomic E-state index is 9.65. The zero-order chi connectivity index (χ0) is 28.4. The summed E-state index contributed by atoms with van der Waals surface area (Å²) in [5.41, 5.74) is 4.40. The quantitative estimate of drug-likeness (QED) is 0.174. The minimum Gasteiger partial charge on any atom is -0.508 e. The highest BCUT2D eigenvalue weighted by molar-refractivity contribution is 6.31. The SMILES string of the molecule is Oc1ccc(CN(CCCN2CCN(CCCNc3ccnc4cc(Cl)ccc34)CC2)Cc2ccc(O)cc2)cc1. The first kappa shape index (κ1) is 29.1. The van der Waals surface area contributed by atoms with E-state index >= 15 is 0 Å². The lowest BCUT2D eigenvalue weighted by Gasteiger charge is -2.35. The molecular weight excluding hydrogens is 534 g/mol. The molecule has 0 radical (unpaired) electrons. The van der Waals surface area contributed by atoms with Crippen molar-refractivity contribution in [3.63, 3.8) is 0 Å². The molecule has 0 bridgehead atoms. The van der Waals surface area contributed by atoms with Crippen molar-refractivity contribution in [3.8, 4) is 11.5 Å². The van der Waals surface area contributed by atoms with Gasteiger partial charge in [-0.3, -0.25) is 9.88 Å². The van der Waals surface area contributed by atoms with E-state index in [0.29, 0.717) is 16.5 Å². The van der Waals surface area contributed by atoms with Crippen LogP contribution in [-0.4, -0.2) is 82.3 Å². The van der Waals surface area contributed by atoms with Crippen LogP contribution in [0.1, 0.15) is 24.0 Å². The van der Waals surface area contributed by atoms with Crippen LogP contribution in [0.25, 0.3) is 10.9 Å². The largest absolute Gasteiger partial charge is 0.508 e. The summed E-state index contributed by atoms with van der Waals surface area (Å²) in [7, 11) is 0. The monoisotopic (exact) mass is 573 g/mol. The number of aromatic nitrogens is 1. The fourth-order valence-electron chi connectivity index (χ4n) is 5.49. The Morgan fingerprint density at radius 3 is 1.95 bits per heavy atom. The number of rotatable bonds is 13. The lowest BCUT2D eigenvalue weighted by molar-refractivity contribution is 0.125. The van der Waals surface area contributed by atoms with Gasteiger partial charge in [-0.25, -0.2) is 0 Å². The van der Waals surface area contributed by atoms with Crippen LogP contribution in [0, 0.1) is 0 Å². The van der Waals surface area contributed by atoms with E-state index in [1.54, 1.807) is 24.3 Å². The van der Waals surface area contributed by atoms with Crippen LogP contribution < -0.4 is 5.32 Å². The number of nitrogens with one attached hydrogen (secondary N) is 1. The van der Waals surface area contributed by atoms with Crippen LogP contribution in [-0.2, 0) is 13.1 Å². The second-order valence-corrected chi connectivity index (χ2v) is 11.3. The molecule has 3 N–H and O–H groups in total. The molecule has 2 heterocycles. The number of halogens is 1. The molecule has 3 aromatic carbocycles. The minimum absolute atomic E-state index is 0.294. The number of fused-ring (bicyclic) bond motifs is 1. The van der Waals surface area contributed by atoms with E-state index in [4.69, 9.17) is 11.6 Å². The zero-order valence-corrected chi connectivity index (χ0v) is 24.3. The maximum Gasteiger partial charge on any atom is 0.115 e. The molecule has 1 aliphatic heterocycles. The number of nitrogens with zero attached hydrogens (tertiary/aromatic N) is 4. The number of aromatic hydroxyl groups is 2. The molecule has 8 heteroatoms. The van der Waals surface area contributed by atoms with Gasteiger partial charge in [0.05, 0.1) is 5.52 Å². The van der Waals surface area contributed by atoms with Crippen molar-refractivity contribution in [2.75, 3.05) is 57.7 Å². The van der Waals surface area contributed by atoms with Crippen molar-refractivity contribution >= 4 is 28.2 Å². The third-order valence-corrected chi connectivity index (χ3v) is 8.01. The molecular formula is C33H40ClN5O2. The predicted molar refractivity (Wildman–Crippen MR) is 168 cm³/mol. The molecule has 216 valence electrons. The molecule has 1 aromatic heterocycles. The number of benzene rings is 3. The predicted octanol–water partition coefficient (Wildman–Crippen LogP) is 5.81. The normalized spacial score (nSPS) is 14.6. The first-order valence-electron chi connectivity index (χ1n) is 14.5. The summed E-state index contributed by atoms with van der Waals surface area (Å²) in [4.78, 5) is 12.0. The number of anilines is 1. The van der Waals surface area contributed by atoms with E-state index in [9.17, 15) is 10.2 Å². The fourth-order valence-corrected chi connectivity index (χ4v) is 5.66. The Labute approximate surface area is 248 Å². The van der Waals surface area contributed by atoms with Crippen LogP contribution in [0.3, 0.4) is 0 Å². The second-order valence-electron chi connectivity index (χ2n) is 10.9. The Bertz CT molecular complexity index is 1330. The van der Waals surface area contributed by atoms with Gasteiger partial charge in [-0.1, -0.05) is 35.9 Å². The maximum atomic E-state index is 9.65. The molecule has 0 atom stereocenters. The molecule has 0 saturated carbocycles. The smallest absolute Gasteiger partial charge is 0.115 e. The van der Waals surface area contributed by atoms with E-state index < -0.39 is 0 Å². The first-order valence-corrected chi connectivity index (χ1v) is 14.9. The average molecular weight is 574 g/mol. The molecule has 1 aliphatic rings. The zero-order valence-electron chi connectivity index (χ0n) is 23.6. The lowest BCUT2D eigenvalue weighted by atomic mass is 10.1. The summed E-state index contributed by atoms with van der Waals surface area (Å²) in [5, 5.41) is 24.7. The van der Waals surface area contributed by atoms with Gasteiger partial charge in [0.25, 0.3) is 0 Å². The van der Waals surface area contributed by atoms with Gasteiger partial charge in [0.15, 0.2) is 0 Å². The van der Waals surface area contributed by atoms with Gasteiger partial charge in [-0.2, -0.15) is 0 Å². The van der Waals surface area contributed by atoms with Crippen LogP contribution in [0.2, 0.25) is 5.02 Å². The Hall–Kier alpha value is -3.36. The van der Waals surface area contributed by atoms with Crippen LogP contribution in [0.15, 0.2) is 79.0 Å². The van der Waals surface area contributed by atoms with Gasteiger partial charge in [0.2, 0.25) is 0 Å². The summed E-state index contributed by atoms with van der Waals surface area (Å²) in [6.45, 7) is 10.2. The lowest BCUT2D eigenvalue weighted by Crippen LogP contribution is -2.47. The summed E-state index contributed by atoms with van der Waals surface area (Å²) in [5.74, 6) is 0.588. The van der Waals surface area contributed by atoms with Gasteiger partial charge in [-0.05, 0) is 85.6 Å². The highest BCUT2D eigenvalue weighted by Gasteiger charge is 2.17. The van der Waals surface area contributed by atoms with E-state index in [-0.39, 0.29) is 0 Å². The number of hydrogen-bond acceptors (Lipinski definition) is 7. The molecule has 1 saturated heterocycles. The van der Waals surface area contributed by atoms with Crippen LogP contribution in [0.4, 0.5) is 5.69 Å².